The molecule has 5 nitrogen and oxygen atoms in total. The highest BCUT2D eigenvalue weighted by atomic mass is 16.5. The Bertz CT molecular complexity index is 703. The Morgan fingerprint density at radius 2 is 2.00 bits per heavy atom. The van der Waals surface area contributed by atoms with Crippen molar-refractivity contribution < 1.29 is 4.74 Å². The van der Waals surface area contributed by atoms with Gasteiger partial charge in [0.25, 0.3) is 0 Å². The van der Waals surface area contributed by atoms with Gasteiger partial charge in [-0.25, -0.2) is 9.50 Å². The van der Waals surface area contributed by atoms with E-state index in [1.165, 1.54) is 5.56 Å². The Labute approximate surface area is 110 Å². The van der Waals surface area contributed by atoms with Crippen LogP contribution in [0.3, 0.4) is 0 Å². The van der Waals surface area contributed by atoms with E-state index in [9.17, 15) is 0 Å². The van der Waals surface area contributed by atoms with Gasteiger partial charge in [-0.15, -0.1) is 0 Å². The van der Waals surface area contributed by atoms with E-state index in [-0.39, 0.29) is 0 Å². The van der Waals surface area contributed by atoms with Crippen LogP contribution >= 0.6 is 0 Å². The third-order valence-electron chi connectivity index (χ3n) is 3.00. The van der Waals surface area contributed by atoms with Gasteiger partial charge in [0.2, 0.25) is 0 Å². The first-order chi connectivity index (χ1) is 9.26. The molecule has 0 radical (unpaired) electrons. The first-order valence-electron chi connectivity index (χ1n) is 5.97. The normalized spacial score (nSPS) is 10.8. The van der Waals surface area contributed by atoms with Crippen molar-refractivity contribution in [1.29, 1.82) is 0 Å². The second kappa shape index (κ2) is 4.61. The first kappa shape index (κ1) is 11.5. The molecule has 2 heterocycles. The van der Waals surface area contributed by atoms with E-state index in [4.69, 9.17) is 10.5 Å². The summed E-state index contributed by atoms with van der Waals surface area (Å²) in [6, 6.07) is 7.98. The zero-order valence-corrected chi connectivity index (χ0v) is 10.6. The molecule has 5 heteroatoms. The highest BCUT2D eigenvalue weighted by molar-refractivity contribution is 5.51. The van der Waals surface area contributed by atoms with Crippen molar-refractivity contribution in [3.63, 3.8) is 0 Å². The van der Waals surface area contributed by atoms with Gasteiger partial charge < -0.3 is 10.5 Å². The first-order valence-corrected chi connectivity index (χ1v) is 5.97. The summed E-state index contributed by atoms with van der Waals surface area (Å²) in [6.45, 7) is 0. The number of hydrogen-bond acceptors (Lipinski definition) is 4. The quantitative estimate of drug-likeness (QED) is 0.775. The van der Waals surface area contributed by atoms with Gasteiger partial charge in [-0.3, -0.25) is 0 Å². The van der Waals surface area contributed by atoms with Crippen molar-refractivity contribution in [3.8, 4) is 5.75 Å². The van der Waals surface area contributed by atoms with Crippen LogP contribution in [0.15, 0.2) is 42.9 Å². The maximum absolute atomic E-state index is 5.68. The average Bonchev–Trinajstić information content (AvgIpc) is 2.82. The van der Waals surface area contributed by atoms with Crippen molar-refractivity contribution in [1.82, 2.24) is 14.6 Å². The molecule has 3 aromatic rings. The number of anilines is 1. The number of rotatable bonds is 3. The second-order valence-corrected chi connectivity index (χ2v) is 4.35. The molecular weight excluding hydrogens is 240 g/mol. The molecule has 1 aromatic carbocycles. The third kappa shape index (κ3) is 2.22. The van der Waals surface area contributed by atoms with Crippen LogP contribution in [0, 0.1) is 0 Å². The average molecular weight is 254 g/mol. The molecule has 2 aromatic heterocycles. The van der Waals surface area contributed by atoms with E-state index in [2.05, 4.69) is 10.1 Å². The summed E-state index contributed by atoms with van der Waals surface area (Å²) in [5.41, 5.74) is 9.39. The Balaban J connectivity index is 1.92. The molecule has 0 unspecified atom stereocenters. The van der Waals surface area contributed by atoms with Gasteiger partial charge in [0.1, 0.15) is 5.75 Å². The zero-order chi connectivity index (χ0) is 13.2. The number of benzene rings is 1. The Morgan fingerprint density at radius 1 is 1.21 bits per heavy atom. The summed E-state index contributed by atoms with van der Waals surface area (Å²) in [7, 11) is 1.66. The van der Waals surface area contributed by atoms with Crippen LogP contribution in [0.4, 0.5) is 5.69 Å². The number of ether oxygens (including phenoxy) is 1. The Hall–Kier alpha value is -2.56. The maximum Gasteiger partial charge on any atom is 0.158 e. The number of nitrogens with zero attached hydrogens (tertiary/aromatic N) is 3. The largest absolute Gasteiger partial charge is 0.497 e. The van der Waals surface area contributed by atoms with Crippen LogP contribution < -0.4 is 10.5 Å². The highest BCUT2D eigenvalue weighted by Gasteiger charge is 2.06. The van der Waals surface area contributed by atoms with Gasteiger partial charge >= 0.3 is 0 Å². The molecule has 0 aliphatic rings. The molecule has 0 spiro atoms. The molecule has 0 bridgehead atoms. The predicted octanol–water partition coefficient (Wildman–Crippen LogP) is 1.91. The highest BCUT2D eigenvalue weighted by Crippen LogP contribution is 2.17. The standard InChI is InChI=1S/C14H14N4O/c1-19-13-4-2-10(3-5-13)6-11-7-17-18-9-12(15)8-16-14(11)18/h2-5,7-9H,6,15H2,1H3. The minimum Gasteiger partial charge on any atom is -0.497 e. The number of nitrogens with two attached hydrogens (primary N) is 1. The molecule has 0 saturated carbocycles. The van der Waals surface area contributed by atoms with Crippen LogP contribution in [-0.2, 0) is 6.42 Å². The fourth-order valence-electron chi connectivity index (χ4n) is 2.03. The van der Waals surface area contributed by atoms with Gasteiger partial charge in [-0.05, 0) is 17.7 Å². The van der Waals surface area contributed by atoms with Gasteiger partial charge in [-0.1, -0.05) is 12.1 Å². The number of hydrogen-bond donors (Lipinski definition) is 1. The van der Waals surface area contributed by atoms with Crippen molar-refractivity contribution in [2.24, 2.45) is 0 Å². The lowest BCUT2D eigenvalue weighted by atomic mass is 10.1. The minimum atomic E-state index is 0.603. The lowest BCUT2D eigenvalue weighted by Gasteiger charge is -2.02. The summed E-state index contributed by atoms with van der Waals surface area (Å²) in [5, 5.41) is 4.26. The molecule has 0 aliphatic carbocycles. The molecule has 0 aliphatic heterocycles. The van der Waals surface area contributed by atoms with E-state index in [1.807, 2.05) is 30.5 Å². The molecule has 2 N–H and O–H groups in total. The summed E-state index contributed by atoms with van der Waals surface area (Å²) in [4.78, 5) is 4.32. The fraction of sp³-hybridized carbons (Fsp3) is 0.143. The summed E-state index contributed by atoms with van der Waals surface area (Å²) in [5.74, 6) is 0.856. The van der Waals surface area contributed by atoms with E-state index >= 15 is 0 Å². The van der Waals surface area contributed by atoms with Crippen LogP contribution in [-0.4, -0.2) is 21.7 Å². The topological polar surface area (TPSA) is 65.4 Å². The van der Waals surface area contributed by atoms with Crippen molar-refractivity contribution in [3.05, 3.63) is 54.0 Å². The molecule has 3 rings (SSSR count). The lowest BCUT2D eigenvalue weighted by Crippen LogP contribution is -1.95. The Morgan fingerprint density at radius 3 is 2.74 bits per heavy atom. The number of fused-ring (bicyclic) bond motifs is 1. The SMILES string of the molecule is COc1ccc(Cc2cnn3cc(N)cnc23)cc1. The monoisotopic (exact) mass is 254 g/mol. The smallest absolute Gasteiger partial charge is 0.158 e. The summed E-state index contributed by atoms with van der Waals surface area (Å²) in [6.07, 6.45) is 6.02. The molecule has 0 saturated heterocycles. The van der Waals surface area contributed by atoms with Crippen LogP contribution in [0.2, 0.25) is 0 Å². The third-order valence-corrected chi connectivity index (χ3v) is 3.00. The number of methoxy groups -OCH3 is 1. The van der Waals surface area contributed by atoms with Gasteiger partial charge in [0, 0.05) is 12.0 Å². The maximum atomic E-state index is 5.68. The van der Waals surface area contributed by atoms with Crippen molar-refractivity contribution in [2.75, 3.05) is 12.8 Å². The molecule has 0 fully saturated rings. The van der Waals surface area contributed by atoms with Gasteiger partial charge in [0.15, 0.2) is 5.65 Å². The molecule has 0 amide bonds. The van der Waals surface area contributed by atoms with Crippen LogP contribution in [0.1, 0.15) is 11.1 Å². The molecule has 0 atom stereocenters. The van der Waals surface area contributed by atoms with E-state index in [0.717, 1.165) is 23.4 Å². The zero-order valence-electron chi connectivity index (χ0n) is 10.6. The van der Waals surface area contributed by atoms with Gasteiger partial charge in [-0.2, -0.15) is 5.10 Å². The molecule has 96 valence electrons. The fourth-order valence-corrected chi connectivity index (χ4v) is 2.03. The summed E-state index contributed by atoms with van der Waals surface area (Å²) >= 11 is 0. The van der Waals surface area contributed by atoms with Crippen molar-refractivity contribution in [2.45, 2.75) is 6.42 Å². The summed E-state index contributed by atoms with van der Waals surface area (Å²) < 4.78 is 6.85. The number of nitrogen functional groups attached to an aromatic ring is 1. The van der Waals surface area contributed by atoms with E-state index in [1.54, 1.807) is 24.0 Å². The molecule has 19 heavy (non-hydrogen) atoms. The van der Waals surface area contributed by atoms with Crippen LogP contribution in [0.25, 0.3) is 5.65 Å². The van der Waals surface area contributed by atoms with E-state index < -0.39 is 0 Å². The number of aromatic nitrogens is 3. The van der Waals surface area contributed by atoms with Crippen molar-refractivity contribution >= 4 is 11.3 Å². The van der Waals surface area contributed by atoms with Crippen LogP contribution in [0.5, 0.6) is 5.75 Å². The second-order valence-electron chi connectivity index (χ2n) is 4.35. The minimum absolute atomic E-state index is 0.603. The predicted molar refractivity (Wildman–Crippen MR) is 73.2 cm³/mol. The lowest BCUT2D eigenvalue weighted by molar-refractivity contribution is 0.414. The van der Waals surface area contributed by atoms with E-state index in [0.29, 0.717) is 5.69 Å². The van der Waals surface area contributed by atoms with Gasteiger partial charge in [0.05, 0.1) is 31.4 Å². The Kier molecular flexibility index (Phi) is 2.79. The molecular formula is C14H14N4O.